The molecule has 2 aromatic carbocycles. The van der Waals surface area contributed by atoms with Gasteiger partial charge in [0.05, 0.1) is 0 Å². The summed E-state index contributed by atoms with van der Waals surface area (Å²) in [6, 6.07) is 18.5. The number of benzene rings is 2. The third-order valence-electron chi connectivity index (χ3n) is 2.41. The van der Waals surface area contributed by atoms with Gasteiger partial charge in [-0.1, -0.05) is 36.4 Å². The first-order valence-electron chi connectivity index (χ1n) is 4.97. The van der Waals surface area contributed by atoms with Gasteiger partial charge >= 0.3 is 0 Å². The van der Waals surface area contributed by atoms with Crippen molar-refractivity contribution in [3.8, 4) is 0 Å². The van der Waals surface area contributed by atoms with Gasteiger partial charge in [0, 0.05) is 10.6 Å². The summed E-state index contributed by atoms with van der Waals surface area (Å²) < 4.78 is 16.6. The lowest BCUT2D eigenvalue weighted by Crippen LogP contribution is -2.13. The molecule has 0 aromatic heterocycles. The Morgan fingerprint density at radius 2 is 1.19 bits per heavy atom. The highest BCUT2D eigenvalue weighted by atomic mass is 31.2. The molecule has 0 fully saturated rings. The minimum Gasteiger partial charge on any atom is -0.288 e. The smallest absolute Gasteiger partial charge is 0.246 e. The summed E-state index contributed by atoms with van der Waals surface area (Å²) >= 11 is 0. The summed E-state index contributed by atoms with van der Waals surface area (Å²) in [5, 5.41) is 1.44. The van der Waals surface area contributed by atoms with Gasteiger partial charge in [0.1, 0.15) is 0 Å². The highest BCUT2D eigenvalue weighted by Gasteiger charge is 2.24. The van der Waals surface area contributed by atoms with Crippen LogP contribution in [0, 0.1) is 0 Å². The third-order valence-corrected chi connectivity index (χ3v) is 4.81. The Balaban J connectivity index is 2.58. The maximum Gasteiger partial charge on any atom is 0.246 e. The lowest BCUT2D eigenvalue weighted by molar-refractivity contribution is 0.588. The molecular weight excluding hydrogens is 217 g/mol. The molecule has 0 aliphatic carbocycles. The largest absolute Gasteiger partial charge is 0.288 e. The Morgan fingerprint density at radius 1 is 0.812 bits per heavy atom. The standard InChI is InChI=1S/C13H12NOP/c1-14-16(15,12-8-4-2-5-9-12)13-10-6-3-7-11-13/h2-11H,1H2. The zero-order valence-corrected chi connectivity index (χ0v) is 9.68. The van der Waals surface area contributed by atoms with Gasteiger partial charge in [-0.05, 0) is 31.0 Å². The Morgan fingerprint density at radius 3 is 1.50 bits per heavy atom. The number of nitrogens with zero attached hydrogens (tertiary/aromatic N) is 1. The second-order valence-corrected chi connectivity index (χ2v) is 5.86. The monoisotopic (exact) mass is 229 g/mol. The fourth-order valence-corrected chi connectivity index (χ4v) is 3.35. The van der Waals surface area contributed by atoms with Gasteiger partial charge in [0.15, 0.2) is 0 Å². The molecule has 0 atom stereocenters. The van der Waals surface area contributed by atoms with Crippen LogP contribution in [0.15, 0.2) is 65.4 Å². The lowest BCUT2D eigenvalue weighted by Gasteiger charge is -2.13. The van der Waals surface area contributed by atoms with Crippen molar-refractivity contribution >= 4 is 24.6 Å². The van der Waals surface area contributed by atoms with Crippen molar-refractivity contribution in [2.45, 2.75) is 0 Å². The summed E-state index contributed by atoms with van der Waals surface area (Å²) in [5.74, 6) is 0. The van der Waals surface area contributed by atoms with E-state index in [0.29, 0.717) is 0 Å². The van der Waals surface area contributed by atoms with Gasteiger partial charge in [0.25, 0.3) is 0 Å². The van der Waals surface area contributed by atoms with Gasteiger partial charge in [-0.3, -0.25) is 4.57 Å². The summed E-state index contributed by atoms with van der Waals surface area (Å²) in [7, 11) is -2.89. The van der Waals surface area contributed by atoms with Crippen molar-refractivity contribution in [2.75, 3.05) is 0 Å². The Bertz CT molecular complexity index is 479. The topological polar surface area (TPSA) is 29.4 Å². The van der Waals surface area contributed by atoms with E-state index in [2.05, 4.69) is 11.5 Å². The molecule has 3 heteroatoms. The van der Waals surface area contributed by atoms with Crippen molar-refractivity contribution in [1.29, 1.82) is 0 Å². The van der Waals surface area contributed by atoms with Crippen LogP contribution in [-0.2, 0) is 4.57 Å². The minimum absolute atomic E-state index is 0.719. The lowest BCUT2D eigenvalue weighted by atomic mass is 10.4. The summed E-state index contributed by atoms with van der Waals surface area (Å²) in [4.78, 5) is 0. The fraction of sp³-hybridized carbons (Fsp3) is 0. The molecule has 0 spiro atoms. The summed E-state index contributed by atoms with van der Waals surface area (Å²) in [5.41, 5.74) is 0. The molecule has 0 aliphatic rings. The molecule has 0 heterocycles. The highest BCUT2D eigenvalue weighted by Crippen LogP contribution is 2.43. The average Bonchev–Trinajstić information content (AvgIpc) is 2.40. The fourth-order valence-electron chi connectivity index (χ4n) is 1.57. The van der Waals surface area contributed by atoms with Crippen LogP contribution in [-0.4, -0.2) is 6.72 Å². The number of hydrogen-bond acceptors (Lipinski definition) is 1. The SMILES string of the molecule is C=NP(=O)(c1ccccc1)c1ccccc1. The second kappa shape index (κ2) is 4.46. The van der Waals surface area contributed by atoms with Gasteiger partial charge < -0.3 is 0 Å². The minimum atomic E-state index is -2.89. The normalized spacial score (nSPS) is 11.0. The van der Waals surface area contributed by atoms with Crippen molar-refractivity contribution in [1.82, 2.24) is 0 Å². The van der Waals surface area contributed by atoms with Crippen LogP contribution in [0.2, 0.25) is 0 Å². The van der Waals surface area contributed by atoms with Gasteiger partial charge in [-0.25, -0.2) is 4.76 Å². The number of hydrogen-bond donors (Lipinski definition) is 0. The van der Waals surface area contributed by atoms with E-state index in [1.807, 2.05) is 60.7 Å². The molecular formula is C13H12NOP. The van der Waals surface area contributed by atoms with Crippen molar-refractivity contribution < 1.29 is 4.57 Å². The van der Waals surface area contributed by atoms with Gasteiger partial charge in [-0.15, -0.1) is 0 Å². The van der Waals surface area contributed by atoms with E-state index in [9.17, 15) is 4.57 Å². The molecule has 0 bridgehead atoms. The van der Waals surface area contributed by atoms with Crippen LogP contribution in [0.5, 0.6) is 0 Å². The van der Waals surface area contributed by atoms with Crippen LogP contribution >= 0.6 is 7.29 Å². The maximum absolute atomic E-state index is 12.8. The molecule has 0 radical (unpaired) electrons. The summed E-state index contributed by atoms with van der Waals surface area (Å²) in [6.07, 6.45) is 0. The van der Waals surface area contributed by atoms with Gasteiger partial charge in [-0.2, -0.15) is 0 Å². The Labute approximate surface area is 95.1 Å². The van der Waals surface area contributed by atoms with E-state index in [1.54, 1.807) is 0 Å². The molecule has 0 unspecified atom stereocenters. The van der Waals surface area contributed by atoms with Crippen LogP contribution in [0.3, 0.4) is 0 Å². The molecule has 0 aliphatic heterocycles. The molecule has 0 saturated heterocycles. The molecule has 2 rings (SSSR count). The molecule has 2 aromatic rings. The van der Waals surface area contributed by atoms with Crippen LogP contribution in [0.1, 0.15) is 0 Å². The second-order valence-electron chi connectivity index (χ2n) is 3.39. The van der Waals surface area contributed by atoms with Crippen LogP contribution < -0.4 is 10.6 Å². The van der Waals surface area contributed by atoms with Crippen LogP contribution in [0.4, 0.5) is 0 Å². The first-order chi connectivity index (χ1) is 7.77. The first-order valence-corrected chi connectivity index (χ1v) is 6.63. The van der Waals surface area contributed by atoms with E-state index in [4.69, 9.17) is 0 Å². The van der Waals surface area contributed by atoms with E-state index < -0.39 is 7.29 Å². The summed E-state index contributed by atoms with van der Waals surface area (Å²) in [6.45, 7) is 3.47. The molecule has 16 heavy (non-hydrogen) atoms. The van der Waals surface area contributed by atoms with E-state index >= 15 is 0 Å². The van der Waals surface area contributed by atoms with E-state index in [-0.39, 0.29) is 0 Å². The van der Waals surface area contributed by atoms with E-state index in [0.717, 1.165) is 10.6 Å². The predicted octanol–water partition coefficient (Wildman–Crippen LogP) is 2.62. The maximum atomic E-state index is 12.8. The average molecular weight is 229 g/mol. The van der Waals surface area contributed by atoms with Crippen molar-refractivity contribution in [2.24, 2.45) is 4.76 Å². The molecule has 0 N–H and O–H groups in total. The van der Waals surface area contributed by atoms with Gasteiger partial charge in [0.2, 0.25) is 7.29 Å². The number of rotatable bonds is 3. The zero-order chi connectivity index (χ0) is 11.4. The Hall–Kier alpha value is -1.66. The molecule has 0 saturated carbocycles. The predicted molar refractivity (Wildman–Crippen MR) is 69.3 cm³/mol. The van der Waals surface area contributed by atoms with Crippen molar-refractivity contribution in [3.05, 3.63) is 60.7 Å². The molecule has 0 amide bonds. The third kappa shape index (κ3) is 1.84. The molecule has 2 nitrogen and oxygen atoms in total. The van der Waals surface area contributed by atoms with Crippen molar-refractivity contribution in [3.63, 3.8) is 0 Å². The molecule has 80 valence electrons. The highest BCUT2D eigenvalue weighted by molar-refractivity contribution is 7.77. The van der Waals surface area contributed by atoms with E-state index in [1.165, 1.54) is 0 Å². The zero-order valence-electron chi connectivity index (χ0n) is 8.78. The Kier molecular flexibility index (Phi) is 3.02. The first kappa shape index (κ1) is 10.8. The quantitative estimate of drug-likeness (QED) is 0.587. The van der Waals surface area contributed by atoms with Crippen LogP contribution in [0.25, 0.3) is 0 Å².